The lowest BCUT2D eigenvalue weighted by Gasteiger charge is -2.08. The first kappa shape index (κ1) is 19.1. The number of amides is 2. The summed E-state index contributed by atoms with van der Waals surface area (Å²) in [5, 5.41) is 5.21. The van der Waals surface area contributed by atoms with Crippen LogP contribution in [0.25, 0.3) is 6.08 Å². The lowest BCUT2D eigenvalue weighted by atomic mass is 10.2. The predicted molar refractivity (Wildman–Crippen MR) is 100.0 cm³/mol. The molecule has 0 aliphatic heterocycles. The molecule has 0 aliphatic rings. The largest absolute Gasteiger partial charge is 0.497 e. The Morgan fingerprint density at radius 1 is 0.962 bits per heavy atom. The van der Waals surface area contributed by atoms with E-state index in [2.05, 4.69) is 10.6 Å². The number of methoxy groups -OCH3 is 1. The Hall–Kier alpha value is -3.28. The Balaban J connectivity index is 1.59. The van der Waals surface area contributed by atoms with Crippen molar-refractivity contribution in [1.29, 1.82) is 0 Å². The van der Waals surface area contributed by atoms with Gasteiger partial charge >= 0.3 is 0 Å². The maximum absolute atomic E-state index is 11.7. The van der Waals surface area contributed by atoms with E-state index >= 15 is 0 Å². The van der Waals surface area contributed by atoms with Gasteiger partial charge in [0.25, 0.3) is 0 Å². The molecule has 0 aliphatic carbocycles. The number of hydrogen-bond acceptors (Lipinski definition) is 4. The van der Waals surface area contributed by atoms with Crippen LogP contribution in [0.3, 0.4) is 0 Å². The number of carbonyl (C=O) groups is 2. The molecule has 2 amide bonds. The van der Waals surface area contributed by atoms with Gasteiger partial charge in [-0.2, -0.15) is 0 Å². The van der Waals surface area contributed by atoms with Gasteiger partial charge in [0.2, 0.25) is 11.8 Å². The molecule has 0 atom stereocenters. The van der Waals surface area contributed by atoms with Gasteiger partial charge in [0.05, 0.1) is 20.2 Å². The van der Waals surface area contributed by atoms with Crippen molar-refractivity contribution in [1.82, 2.24) is 10.6 Å². The van der Waals surface area contributed by atoms with Crippen molar-refractivity contribution in [3.05, 3.63) is 66.2 Å². The summed E-state index contributed by atoms with van der Waals surface area (Å²) in [6, 6.07) is 16.6. The van der Waals surface area contributed by atoms with Gasteiger partial charge in [-0.25, -0.2) is 0 Å². The van der Waals surface area contributed by atoms with Gasteiger partial charge in [-0.15, -0.1) is 0 Å². The van der Waals surface area contributed by atoms with Gasteiger partial charge in [-0.3, -0.25) is 9.59 Å². The van der Waals surface area contributed by atoms with Gasteiger partial charge in [0.15, 0.2) is 0 Å². The van der Waals surface area contributed by atoms with E-state index in [4.69, 9.17) is 9.47 Å². The Morgan fingerprint density at radius 3 is 2.35 bits per heavy atom. The number of benzene rings is 2. The Bertz CT molecular complexity index is 727. The fourth-order valence-electron chi connectivity index (χ4n) is 2.06. The molecule has 136 valence electrons. The van der Waals surface area contributed by atoms with E-state index in [0.29, 0.717) is 18.9 Å². The lowest BCUT2D eigenvalue weighted by Crippen LogP contribution is -2.37. The van der Waals surface area contributed by atoms with Gasteiger partial charge in [-0.1, -0.05) is 30.3 Å². The summed E-state index contributed by atoms with van der Waals surface area (Å²) in [7, 11) is 1.60. The van der Waals surface area contributed by atoms with E-state index < -0.39 is 0 Å². The fourth-order valence-corrected chi connectivity index (χ4v) is 2.06. The van der Waals surface area contributed by atoms with Crippen molar-refractivity contribution < 1.29 is 19.1 Å². The second-order valence-electron chi connectivity index (χ2n) is 5.34. The zero-order chi connectivity index (χ0) is 18.6. The molecular weight excluding hydrogens is 332 g/mol. The van der Waals surface area contributed by atoms with Crippen molar-refractivity contribution in [2.75, 3.05) is 26.8 Å². The Kier molecular flexibility index (Phi) is 7.74. The van der Waals surface area contributed by atoms with Crippen molar-refractivity contribution in [3.63, 3.8) is 0 Å². The van der Waals surface area contributed by atoms with Crippen LogP contribution < -0.4 is 20.1 Å². The molecule has 2 rings (SSSR count). The average molecular weight is 354 g/mol. The highest BCUT2D eigenvalue weighted by Gasteiger charge is 2.03. The first-order chi connectivity index (χ1) is 12.7. The third-order valence-electron chi connectivity index (χ3n) is 3.40. The van der Waals surface area contributed by atoms with E-state index in [-0.39, 0.29) is 18.4 Å². The van der Waals surface area contributed by atoms with Crippen LogP contribution in [0.4, 0.5) is 0 Å². The van der Waals surface area contributed by atoms with Crippen LogP contribution in [-0.4, -0.2) is 38.6 Å². The zero-order valence-electron chi connectivity index (χ0n) is 14.6. The van der Waals surface area contributed by atoms with Crippen molar-refractivity contribution in [2.45, 2.75) is 0 Å². The highest BCUT2D eigenvalue weighted by atomic mass is 16.5. The number of rotatable bonds is 9. The second kappa shape index (κ2) is 10.6. The molecule has 26 heavy (non-hydrogen) atoms. The molecule has 0 heterocycles. The lowest BCUT2D eigenvalue weighted by molar-refractivity contribution is -0.124. The predicted octanol–water partition coefficient (Wildman–Crippen LogP) is 2.02. The molecule has 0 aromatic heterocycles. The third kappa shape index (κ3) is 7.09. The summed E-state index contributed by atoms with van der Waals surface area (Å²) in [4.78, 5) is 23.4. The van der Waals surface area contributed by atoms with Crippen LogP contribution in [0.15, 0.2) is 60.7 Å². The van der Waals surface area contributed by atoms with Crippen molar-refractivity contribution in [2.24, 2.45) is 0 Å². The van der Waals surface area contributed by atoms with E-state index in [0.717, 1.165) is 11.3 Å². The number of carbonyl (C=O) groups excluding carboxylic acids is 2. The molecule has 2 aromatic carbocycles. The zero-order valence-corrected chi connectivity index (χ0v) is 14.6. The maximum atomic E-state index is 11.7. The second-order valence-corrected chi connectivity index (χ2v) is 5.34. The van der Waals surface area contributed by atoms with E-state index in [1.807, 2.05) is 30.3 Å². The third-order valence-corrected chi connectivity index (χ3v) is 3.40. The monoisotopic (exact) mass is 354 g/mol. The molecule has 0 radical (unpaired) electrons. The summed E-state index contributed by atoms with van der Waals surface area (Å²) in [5.41, 5.74) is 0.919. The first-order valence-electron chi connectivity index (χ1n) is 8.22. The highest BCUT2D eigenvalue weighted by Crippen LogP contribution is 2.16. The molecule has 0 spiro atoms. The standard InChI is InChI=1S/C20H22N2O4/c1-25-17-8-10-18(11-9-17)26-14-13-21-20(24)15-22-19(23)12-7-16-5-3-2-4-6-16/h2-12H,13-15H2,1H3,(H,21,24)(H,22,23)/b12-7+. The van der Waals surface area contributed by atoms with Gasteiger partial charge in [-0.05, 0) is 35.9 Å². The van der Waals surface area contributed by atoms with Crippen LogP contribution in [0, 0.1) is 0 Å². The number of nitrogens with one attached hydrogen (secondary N) is 2. The summed E-state index contributed by atoms with van der Waals surface area (Å²) < 4.78 is 10.6. The number of ether oxygens (including phenoxy) is 2. The van der Waals surface area contributed by atoms with Gasteiger partial charge < -0.3 is 20.1 Å². The molecule has 0 fully saturated rings. The topological polar surface area (TPSA) is 76.7 Å². The summed E-state index contributed by atoms with van der Waals surface area (Å²) in [6.07, 6.45) is 3.09. The minimum atomic E-state index is -0.321. The van der Waals surface area contributed by atoms with Crippen LogP contribution in [0.1, 0.15) is 5.56 Å². The maximum Gasteiger partial charge on any atom is 0.244 e. The van der Waals surface area contributed by atoms with Crippen LogP contribution in [0.2, 0.25) is 0 Å². The minimum Gasteiger partial charge on any atom is -0.497 e. The van der Waals surface area contributed by atoms with Crippen molar-refractivity contribution in [3.8, 4) is 11.5 Å². The molecule has 0 unspecified atom stereocenters. The van der Waals surface area contributed by atoms with Crippen LogP contribution >= 0.6 is 0 Å². The molecule has 0 saturated heterocycles. The first-order valence-corrected chi connectivity index (χ1v) is 8.22. The normalized spacial score (nSPS) is 10.3. The van der Waals surface area contributed by atoms with Gasteiger partial charge in [0.1, 0.15) is 18.1 Å². The molecule has 0 bridgehead atoms. The van der Waals surface area contributed by atoms with Crippen molar-refractivity contribution >= 4 is 17.9 Å². The summed E-state index contributed by atoms with van der Waals surface area (Å²) in [5.74, 6) is 0.852. The smallest absolute Gasteiger partial charge is 0.244 e. The summed E-state index contributed by atoms with van der Waals surface area (Å²) >= 11 is 0. The average Bonchev–Trinajstić information content (AvgIpc) is 2.69. The molecular formula is C20H22N2O4. The minimum absolute atomic E-state index is 0.0828. The molecule has 2 N–H and O–H groups in total. The molecule has 2 aromatic rings. The Labute approximate surface area is 152 Å². The van der Waals surface area contributed by atoms with E-state index in [1.54, 1.807) is 37.5 Å². The summed E-state index contributed by atoms with van der Waals surface area (Å²) in [6.45, 7) is 0.598. The highest BCUT2D eigenvalue weighted by molar-refractivity contribution is 5.94. The fraction of sp³-hybridized carbons (Fsp3) is 0.200. The van der Waals surface area contributed by atoms with E-state index in [9.17, 15) is 9.59 Å². The van der Waals surface area contributed by atoms with E-state index in [1.165, 1.54) is 6.08 Å². The molecule has 0 saturated carbocycles. The Morgan fingerprint density at radius 2 is 1.65 bits per heavy atom. The SMILES string of the molecule is COc1ccc(OCCNC(=O)CNC(=O)/C=C/c2ccccc2)cc1. The number of hydrogen-bond donors (Lipinski definition) is 2. The quantitative estimate of drug-likeness (QED) is 0.534. The molecule has 6 nitrogen and oxygen atoms in total. The van der Waals surface area contributed by atoms with Gasteiger partial charge in [0, 0.05) is 6.08 Å². The van der Waals surface area contributed by atoms with Crippen LogP contribution in [-0.2, 0) is 9.59 Å². The molecule has 6 heteroatoms. The van der Waals surface area contributed by atoms with Crippen LogP contribution in [0.5, 0.6) is 11.5 Å².